The van der Waals surface area contributed by atoms with Gasteiger partial charge in [0.25, 0.3) is 0 Å². The Labute approximate surface area is 47.4 Å². The highest BCUT2D eigenvalue weighted by Crippen LogP contribution is 2.03. The SMILES string of the molecule is CCC(Cl)OCl. The molecule has 3 heteroatoms. The van der Waals surface area contributed by atoms with Crippen LogP contribution in [0.15, 0.2) is 0 Å². The van der Waals surface area contributed by atoms with E-state index >= 15 is 0 Å². The number of hydrogen-bond acceptors (Lipinski definition) is 1. The van der Waals surface area contributed by atoms with E-state index in [9.17, 15) is 0 Å². The van der Waals surface area contributed by atoms with Crippen LogP contribution in [0.5, 0.6) is 0 Å². The third kappa shape index (κ3) is 2.76. The minimum Gasteiger partial charge on any atom is -0.260 e. The first-order chi connectivity index (χ1) is 2.81. The Balaban J connectivity index is 2.75. The average Bonchev–Trinajstić information content (AvgIpc) is 1.65. The van der Waals surface area contributed by atoms with Gasteiger partial charge in [0.1, 0.15) is 0 Å². The van der Waals surface area contributed by atoms with Gasteiger partial charge in [0.2, 0.25) is 0 Å². The molecule has 0 fully saturated rings. The second kappa shape index (κ2) is 3.72. The standard InChI is InChI=1S/C3H6Cl2O/c1-2-3(4)6-5/h3H,2H2,1H3. The van der Waals surface area contributed by atoms with Crippen LogP contribution in [0.3, 0.4) is 0 Å². The molecule has 0 amide bonds. The summed E-state index contributed by atoms with van der Waals surface area (Å²) >= 11 is 10.1. The molecule has 1 unspecified atom stereocenters. The van der Waals surface area contributed by atoms with Crippen LogP contribution >= 0.6 is 23.5 Å². The molecule has 0 aromatic rings. The molecule has 1 nitrogen and oxygen atoms in total. The lowest BCUT2D eigenvalue weighted by Crippen LogP contribution is -1.91. The van der Waals surface area contributed by atoms with Crippen LogP contribution in [-0.2, 0) is 4.29 Å². The molecule has 0 radical (unpaired) electrons. The van der Waals surface area contributed by atoms with Crippen LogP contribution in [-0.4, -0.2) is 5.56 Å². The first-order valence-corrected chi connectivity index (χ1v) is 2.47. The Bertz CT molecular complexity index is 28.0. The highest BCUT2D eigenvalue weighted by atomic mass is 35.5. The fourth-order valence-electron chi connectivity index (χ4n) is 0.0630. The van der Waals surface area contributed by atoms with Gasteiger partial charge in [-0.25, -0.2) is 0 Å². The summed E-state index contributed by atoms with van der Waals surface area (Å²) in [4.78, 5) is 0. The maximum Gasteiger partial charge on any atom is 0.152 e. The second-order valence-corrected chi connectivity index (χ2v) is 1.57. The lowest BCUT2D eigenvalue weighted by atomic mass is 10.5. The molecule has 0 aromatic heterocycles. The van der Waals surface area contributed by atoms with Gasteiger partial charge in [-0.3, -0.25) is 4.29 Å². The van der Waals surface area contributed by atoms with E-state index < -0.39 is 0 Å². The summed E-state index contributed by atoms with van der Waals surface area (Å²) < 4.78 is 4.14. The Morgan fingerprint density at radius 1 is 1.83 bits per heavy atom. The van der Waals surface area contributed by atoms with Crippen molar-refractivity contribution in [2.24, 2.45) is 0 Å². The first kappa shape index (κ1) is 6.54. The van der Waals surface area contributed by atoms with Gasteiger partial charge in [0.05, 0.1) is 11.9 Å². The van der Waals surface area contributed by atoms with Gasteiger partial charge in [0, 0.05) is 0 Å². The van der Waals surface area contributed by atoms with E-state index in [1.54, 1.807) is 0 Å². The van der Waals surface area contributed by atoms with Crippen LogP contribution < -0.4 is 0 Å². The highest BCUT2D eigenvalue weighted by molar-refractivity contribution is 6.22. The number of halogens is 2. The summed E-state index contributed by atoms with van der Waals surface area (Å²) in [5.41, 5.74) is -0.327. The molecule has 1 atom stereocenters. The van der Waals surface area contributed by atoms with Crippen molar-refractivity contribution in [1.82, 2.24) is 0 Å². The molecule has 0 saturated carbocycles. The lowest BCUT2D eigenvalue weighted by molar-refractivity contribution is 0.307. The molecule has 0 heterocycles. The van der Waals surface area contributed by atoms with Crippen molar-refractivity contribution in [1.29, 1.82) is 0 Å². The molecular weight excluding hydrogens is 123 g/mol. The molecular formula is C3H6Cl2O. The fraction of sp³-hybridized carbons (Fsp3) is 1.00. The minimum atomic E-state index is -0.327. The third-order valence-corrected chi connectivity index (χ3v) is 1.12. The zero-order valence-electron chi connectivity index (χ0n) is 3.45. The first-order valence-electron chi connectivity index (χ1n) is 1.72. The predicted molar refractivity (Wildman–Crippen MR) is 26.9 cm³/mol. The van der Waals surface area contributed by atoms with E-state index in [0.717, 1.165) is 6.42 Å². The van der Waals surface area contributed by atoms with Gasteiger partial charge in [0.15, 0.2) is 5.56 Å². The molecule has 0 saturated heterocycles. The predicted octanol–water partition coefficient (Wildman–Crippen LogP) is 2.13. The highest BCUT2D eigenvalue weighted by Gasteiger charge is 1.94. The van der Waals surface area contributed by atoms with Gasteiger partial charge in [-0.05, 0) is 6.42 Å². The molecule has 0 N–H and O–H groups in total. The van der Waals surface area contributed by atoms with Crippen molar-refractivity contribution in [2.75, 3.05) is 0 Å². The van der Waals surface area contributed by atoms with E-state index in [1.807, 2.05) is 6.92 Å². The van der Waals surface area contributed by atoms with Crippen molar-refractivity contribution in [2.45, 2.75) is 18.9 Å². The zero-order valence-corrected chi connectivity index (χ0v) is 4.96. The molecule has 0 aliphatic heterocycles. The quantitative estimate of drug-likeness (QED) is 0.519. The maximum absolute atomic E-state index is 5.30. The van der Waals surface area contributed by atoms with Crippen LogP contribution in [0.1, 0.15) is 13.3 Å². The molecule has 0 aromatic carbocycles. The van der Waals surface area contributed by atoms with Crippen molar-refractivity contribution in [3.63, 3.8) is 0 Å². The van der Waals surface area contributed by atoms with E-state index in [-0.39, 0.29) is 5.56 Å². The monoisotopic (exact) mass is 128 g/mol. The van der Waals surface area contributed by atoms with E-state index in [0.29, 0.717) is 0 Å². The van der Waals surface area contributed by atoms with Gasteiger partial charge >= 0.3 is 0 Å². The van der Waals surface area contributed by atoms with E-state index in [2.05, 4.69) is 4.29 Å². The largest absolute Gasteiger partial charge is 0.260 e. The summed E-state index contributed by atoms with van der Waals surface area (Å²) in [7, 11) is 0. The molecule has 0 spiro atoms. The van der Waals surface area contributed by atoms with Gasteiger partial charge < -0.3 is 0 Å². The number of hydrogen-bond donors (Lipinski definition) is 0. The molecule has 38 valence electrons. The fourth-order valence-corrected chi connectivity index (χ4v) is 0.189. The third-order valence-electron chi connectivity index (χ3n) is 0.418. The lowest BCUT2D eigenvalue weighted by Gasteiger charge is -1.94. The molecule has 0 rings (SSSR count). The summed E-state index contributed by atoms with van der Waals surface area (Å²) in [5, 5.41) is 0. The van der Waals surface area contributed by atoms with Crippen molar-refractivity contribution < 1.29 is 4.29 Å². The summed E-state index contributed by atoms with van der Waals surface area (Å²) in [6.45, 7) is 1.89. The Morgan fingerprint density at radius 3 is 2.33 bits per heavy atom. The van der Waals surface area contributed by atoms with Crippen LogP contribution in [0.2, 0.25) is 0 Å². The Morgan fingerprint density at radius 2 is 2.33 bits per heavy atom. The van der Waals surface area contributed by atoms with Crippen molar-refractivity contribution >= 4 is 23.5 Å². The zero-order chi connectivity index (χ0) is 4.99. The molecule has 0 aliphatic rings. The number of rotatable bonds is 2. The summed E-state index contributed by atoms with van der Waals surface area (Å²) in [6.07, 6.45) is 0.741. The minimum absolute atomic E-state index is 0.327. The number of alkyl halides is 1. The van der Waals surface area contributed by atoms with Crippen LogP contribution in [0.4, 0.5) is 0 Å². The van der Waals surface area contributed by atoms with Gasteiger partial charge in [-0.15, -0.1) is 0 Å². The Hall–Kier alpha value is 0.540. The second-order valence-electron chi connectivity index (χ2n) is 0.907. The van der Waals surface area contributed by atoms with E-state index in [1.165, 1.54) is 0 Å². The summed E-state index contributed by atoms with van der Waals surface area (Å²) in [5.74, 6) is 0. The molecule has 6 heavy (non-hydrogen) atoms. The normalized spacial score (nSPS) is 14.5. The molecule has 0 bridgehead atoms. The van der Waals surface area contributed by atoms with Gasteiger partial charge in [-0.1, -0.05) is 18.5 Å². The van der Waals surface area contributed by atoms with Crippen LogP contribution in [0, 0.1) is 0 Å². The summed E-state index contributed by atoms with van der Waals surface area (Å²) in [6, 6.07) is 0. The average molecular weight is 129 g/mol. The van der Waals surface area contributed by atoms with Crippen molar-refractivity contribution in [3.05, 3.63) is 0 Å². The topological polar surface area (TPSA) is 9.23 Å². The van der Waals surface area contributed by atoms with E-state index in [4.69, 9.17) is 23.5 Å². The van der Waals surface area contributed by atoms with Gasteiger partial charge in [-0.2, -0.15) is 0 Å². The smallest absolute Gasteiger partial charge is 0.152 e. The maximum atomic E-state index is 5.30. The van der Waals surface area contributed by atoms with Crippen molar-refractivity contribution in [3.8, 4) is 0 Å². The molecule has 0 aliphatic carbocycles. The van der Waals surface area contributed by atoms with Crippen LogP contribution in [0.25, 0.3) is 0 Å². The Kier molecular flexibility index (Phi) is 4.06.